The van der Waals surface area contributed by atoms with Crippen molar-refractivity contribution in [3.63, 3.8) is 0 Å². The summed E-state index contributed by atoms with van der Waals surface area (Å²) in [6.45, 7) is 1.43. The number of oxime groups is 1. The van der Waals surface area contributed by atoms with Crippen molar-refractivity contribution in [3.8, 4) is 0 Å². The van der Waals surface area contributed by atoms with Crippen molar-refractivity contribution in [2.75, 3.05) is 0 Å². The molecule has 40 valence electrons. The van der Waals surface area contributed by atoms with Crippen LogP contribution in [0.4, 0.5) is 0 Å². The molecule has 3 nitrogen and oxygen atoms in total. The Bertz CT molecular complexity index is 110. The molecule has 1 atom stereocenters. The number of carbonyl (C=O) groups is 1. The Hall–Kier alpha value is -0.430. The summed E-state index contributed by atoms with van der Waals surface area (Å²) in [6.07, 6.45) is 0. The smallest absolute Gasteiger partial charge is 0.195 e. The van der Waals surface area contributed by atoms with Gasteiger partial charge in [0, 0.05) is 0 Å². The number of rotatable bonds is 1. The maximum Gasteiger partial charge on any atom is 0.195 e. The lowest BCUT2D eigenvalue weighted by atomic mass is 10.5. The standard InChI is InChI=1S/C3H6NO2P/c1-2(4-6)3(5)7/h6H,7H2,1H3/b4-2+. The van der Waals surface area contributed by atoms with Gasteiger partial charge in [-0.25, -0.2) is 0 Å². The molecule has 0 aliphatic rings. The third kappa shape index (κ3) is 2.29. The normalized spacial score (nSPS) is 11.4. The van der Waals surface area contributed by atoms with Crippen molar-refractivity contribution in [1.82, 2.24) is 0 Å². The Morgan fingerprint density at radius 2 is 2.29 bits per heavy atom. The number of carbonyl (C=O) groups excluding carboxylic acids is 1. The SMILES string of the molecule is C/C(=N\O)C(=O)P. The highest BCUT2D eigenvalue weighted by Crippen LogP contribution is 1.86. The van der Waals surface area contributed by atoms with Gasteiger partial charge >= 0.3 is 0 Å². The third-order valence-corrected chi connectivity index (χ3v) is 0.924. The molecule has 0 rings (SSSR count). The monoisotopic (exact) mass is 119 g/mol. The molecular formula is C3H6NO2P. The molecule has 0 aliphatic heterocycles. The maximum absolute atomic E-state index is 10.0. The van der Waals surface area contributed by atoms with Crippen molar-refractivity contribution >= 4 is 20.5 Å². The fraction of sp³-hybridized carbons (Fsp3) is 0.333. The van der Waals surface area contributed by atoms with Crippen LogP contribution in [-0.4, -0.2) is 16.4 Å². The van der Waals surface area contributed by atoms with Gasteiger partial charge in [0.15, 0.2) is 5.52 Å². The first-order valence-corrected chi connectivity index (χ1v) is 2.24. The molecule has 0 heterocycles. The summed E-state index contributed by atoms with van der Waals surface area (Å²) in [5.41, 5.74) is -0.187. The highest BCUT2D eigenvalue weighted by atomic mass is 31.0. The average molecular weight is 119 g/mol. The van der Waals surface area contributed by atoms with E-state index in [1.807, 2.05) is 9.24 Å². The molecule has 0 saturated carbocycles. The molecule has 1 unspecified atom stereocenters. The molecule has 0 spiro atoms. The van der Waals surface area contributed by atoms with Gasteiger partial charge in [-0.05, 0) is 6.92 Å². The lowest BCUT2D eigenvalue weighted by Crippen LogP contribution is -1.99. The zero-order chi connectivity index (χ0) is 5.86. The van der Waals surface area contributed by atoms with E-state index in [0.29, 0.717) is 0 Å². The Kier molecular flexibility index (Phi) is 2.53. The largest absolute Gasteiger partial charge is 0.411 e. The lowest BCUT2D eigenvalue weighted by molar-refractivity contribution is -0.105. The summed E-state index contributed by atoms with van der Waals surface area (Å²) in [5, 5.41) is 10.5. The van der Waals surface area contributed by atoms with Crippen molar-refractivity contribution in [1.29, 1.82) is 0 Å². The Morgan fingerprint density at radius 3 is 2.29 bits per heavy atom. The highest BCUT2D eigenvalue weighted by molar-refractivity contribution is 7.45. The zero-order valence-electron chi connectivity index (χ0n) is 3.88. The minimum absolute atomic E-state index is 0.102. The Balaban J connectivity index is 3.82. The fourth-order valence-electron chi connectivity index (χ4n) is 0.0493. The summed E-state index contributed by atoms with van der Waals surface area (Å²) >= 11 is 0. The highest BCUT2D eigenvalue weighted by Gasteiger charge is 1.94. The first-order valence-electron chi connectivity index (χ1n) is 1.67. The first kappa shape index (κ1) is 6.57. The van der Waals surface area contributed by atoms with E-state index in [4.69, 9.17) is 5.21 Å². The fourth-order valence-corrected chi connectivity index (χ4v) is 0.107. The molecule has 0 aromatic rings. The van der Waals surface area contributed by atoms with Gasteiger partial charge in [0.2, 0.25) is 0 Å². The maximum atomic E-state index is 10.0. The van der Waals surface area contributed by atoms with E-state index in [9.17, 15) is 4.79 Å². The molecule has 0 aliphatic carbocycles. The van der Waals surface area contributed by atoms with Crippen LogP contribution in [0.1, 0.15) is 6.92 Å². The molecule has 0 aromatic heterocycles. The van der Waals surface area contributed by atoms with Crippen LogP contribution < -0.4 is 0 Å². The quantitative estimate of drug-likeness (QED) is 0.232. The van der Waals surface area contributed by atoms with Crippen LogP contribution in [0.3, 0.4) is 0 Å². The van der Waals surface area contributed by atoms with Gasteiger partial charge in [0.25, 0.3) is 0 Å². The van der Waals surface area contributed by atoms with E-state index >= 15 is 0 Å². The van der Waals surface area contributed by atoms with Crippen molar-refractivity contribution in [2.45, 2.75) is 6.92 Å². The molecule has 1 N–H and O–H groups in total. The molecule has 4 heteroatoms. The third-order valence-electron chi connectivity index (χ3n) is 0.507. The van der Waals surface area contributed by atoms with Crippen LogP contribution in [0.15, 0.2) is 5.16 Å². The number of nitrogens with zero attached hydrogens (tertiary/aromatic N) is 1. The molecular weight excluding hydrogens is 113 g/mol. The van der Waals surface area contributed by atoms with Gasteiger partial charge in [-0.15, -0.1) is 0 Å². The van der Waals surface area contributed by atoms with Gasteiger partial charge in [-0.2, -0.15) is 0 Å². The van der Waals surface area contributed by atoms with Crippen LogP contribution in [-0.2, 0) is 4.79 Å². The molecule has 0 bridgehead atoms. The summed E-state index contributed by atoms with van der Waals surface area (Å²) < 4.78 is 0. The van der Waals surface area contributed by atoms with Gasteiger partial charge < -0.3 is 5.21 Å². The molecule has 0 fully saturated rings. The van der Waals surface area contributed by atoms with Gasteiger partial charge in [-0.1, -0.05) is 14.4 Å². The van der Waals surface area contributed by atoms with Crippen molar-refractivity contribution in [2.24, 2.45) is 5.16 Å². The number of hydrogen-bond donors (Lipinski definition) is 1. The summed E-state index contributed by atoms with van der Waals surface area (Å²) in [4.78, 5) is 10.0. The predicted molar refractivity (Wildman–Crippen MR) is 29.6 cm³/mol. The second-order valence-electron chi connectivity index (χ2n) is 1.05. The first-order chi connectivity index (χ1) is 3.18. The molecule has 0 amide bonds. The van der Waals surface area contributed by atoms with Crippen LogP contribution in [0, 0.1) is 0 Å². The predicted octanol–water partition coefficient (Wildman–Crippen LogP) is 0.238. The summed E-state index contributed by atoms with van der Waals surface area (Å²) in [6, 6.07) is 0. The van der Waals surface area contributed by atoms with Crippen LogP contribution in [0.2, 0.25) is 0 Å². The minimum Gasteiger partial charge on any atom is -0.411 e. The van der Waals surface area contributed by atoms with E-state index < -0.39 is 0 Å². The van der Waals surface area contributed by atoms with E-state index in [0.717, 1.165) is 0 Å². The lowest BCUT2D eigenvalue weighted by Gasteiger charge is -1.82. The second-order valence-corrected chi connectivity index (χ2v) is 1.57. The van der Waals surface area contributed by atoms with E-state index in [1.165, 1.54) is 6.92 Å². The number of hydrogen-bond acceptors (Lipinski definition) is 3. The van der Waals surface area contributed by atoms with E-state index in [2.05, 4.69) is 5.16 Å². The Labute approximate surface area is 43.6 Å². The van der Waals surface area contributed by atoms with Crippen molar-refractivity contribution < 1.29 is 10.0 Å². The average Bonchev–Trinajstić information content (AvgIpc) is 1.65. The Morgan fingerprint density at radius 1 is 1.86 bits per heavy atom. The molecule has 0 saturated heterocycles. The van der Waals surface area contributed by atoms with Crippen LogP contribution in [0.25, 0.3) is 0 Å². The van der Waals surface area contributed by atoms with Crippen molar-refractivity contribution in [3.05, 3.63) is 0 Å². The van der Waals surface area contributed by atoms with Gasteiger partial charge in [0.05, 0.1) is 0 Å². The summed E-state index contributed by atoms with van der Waals surface area (Å²) in [7, 11) is 1.89. The minimum atomic E-state index is -0.289. The summed E-state index contributed by atoms with van der Waals surface area (Å²) in [5.74, 6) is 0. The molecule has 0 aromatic carbocycles. The second kappa shape index (κ2) is 2.69. The van der Waals surface area contributed by atoms with E-state index in [-0.39, 0.29) is 11.2 Å². The van der Waals surface area contributed by atoms with Gasteiger partial charge in [-0.3, -0.25) is 4.79 Å². The molecule has 7 heavy (non-hydrogen) atoms. The molecule has 0 radical (unpaired) electrons. The van der Waals surface area contributed by atoms with Crippen LogP contribution in [0.5, 0.6) is 0 Å². The zero-order valence-corrected chi connectivity index (χ0v) is 5.03. The van der Waals surface area contributed by atoms with Gasteiger partial charge in [0.1, 0.15) is 5.71 Å². The topological polar surface area (TPSA) is 49.7 Å². The van der Waals surface area contributed by atoms with Crippen LogP contribution >= 0.6 is 9.24 Å². The van der Waals surface area contributed by atoms with E-state index in [1.54, 1.807) is 0 Å².